The lowest BCUT2D eigenvalue weighted by Crippen LogP contribution is -2.02. The molecule has 0 N–H and O–H groups in total. The molecular formula is C40H26N4. The van der Waals surface area contributed by atoms with Gasteiger partial charge in [-0.15, -0.1) is 0 Å². The van der Waals surface area contributed by atoms with Gasteiger partial charge in [-0.3, -0.25) is 4.57 Å². The van der Waals surface area contributed by atoms with Gasteiger partial charge in [-0.05, 0) is 65.7 Å². The molecule has 3 aromatic heterocycles. The fraction of sp³-hybridized carbons (Fsp3) is 0. The molecule has 0 bridgehead atoms. The predicted octanol–water partition coefficient (Wildman–Crippen LogP) is 10.0. The van der Waals surface area contributed by atoms with Gasteiger partial charge in [0, 0.05) is 39.0 Å². The third-order valence-corrected chi connectivity index (χ3v) is 8.56. The van der Waals surface area contributed by atoms with Crippen molar-refractivity contribution >= 4 is 43.6 Å². The summed E-state index contributed by atoms with van der Waals surface area (Å²) in [5, 5.41) is 4.69. The van der Waals surface area contributed by atoms with E-state index in [0.717, 1.165) is 33.1 Å². The minimum Gasteiger partial charge on any atom is -0.309 e. The molecule has 0 spiro atoms. The Bertz CT molecular complexity index is 2490. The number of para-hydroxylation sites is 3. The summed E-state index contributed by atoms with van der Waals surface area (Å²) in [4.78, 5) is 10.1. The van der Waals surface area contributed by atoms with Crippen molar-refractivity contribution in [2.45, 2.75) is 0 Å². The van der Waals surface area contributed by atoms with Gasteiger partial charge < -0.3 is 4.57 Å². The molecule has 6 aromatic carbocycles. The van der Waals surface area contributed by atoms with Crippen LogP contribution in [0.4, 0.5) is 0 Å². The van der Waals surface area contributed by atoms with Crippen molar-refractivity contribution in [1.29, 1.82) is 0 Å². The van der Waals surface area contributed by atoms with Gasteiger partial charge in [0.25, 0.3) is 0 Å². The van der Waals surface area contributed by atoms with Gasteiger partial charge in [-0.25, -0.2) is 9.97 Å². The Morgan fingerprint density at radius 2 is 1.09 bits per heavy atom. The van der Waals surface area contributed by atoms with Crippen LogP contribution in [0.3, 0.4) is 0 Å². The Hall–Kier alpha value is -6.00. The van der Waals surface area contributed by atoms with Crippen molar-refractivity contribution < 1.29 is 0 Å². The first-order chi connectivity index (χ1) is 21.8. The number of benzene rings is 6. The molecule has 0 radical (unpaired) electrons. The maximum absolute atomic E-state index is 5.08. The first-order valence-electron chi connectivity index (χ1n) is 14.8. The van der Waals surface area contributed by atoms with Crippen LogP contribution in [0.5, 0.6) is 0 Å². The van der Waals surface area contributed by atoms with Gasteiger partial charge in [0.1, 0.15) is 0 Å². The first kappa shape index (κ1) is 24.6. The van der Waals surface area contributed by atoms with E-state index in [1.807, 2.05) is 18.2 Å². The highest BCUT2D eigenvalue weighted by Crippen LogP contribution is 2.36. The lowest BCUT2D eigenvalue weighted by atomic mass is 10.0. The van der Waals surface area contributed by atoms with Crippen molar-refractivity contribution in [3.63, 3.8) is 0 Å². The lowest BCUT2D eigenvalue weighted by Gasteiger charge is -2.11. The summed E-state index contributed by atoms with van der Waals surface area (Å²) < 4.78 is 4.44. The van der Waals surface area contributed by atoms with E-state index in [2.05, 4.69) is 149 Å². The molecule has 0 aliphatic carbocycles. The molecular weight excluding hydrogens is 536 g/mol. The van der Waals surface area contributed by atoms with E-state index in [0.29, 0.717) is 5.95 Å². The molecule has 0 saturated heterocycles. The first-order valence-corrected chi connectivity index (χ1v) is 14.8. The zero-order valence-corrected chi connectivity index (χ0v) is 23.8. The van der Waals surface area contributed by atoms with Crippen molar-refractivity contribution in [2.24, 2.45) is 0 Å². The van der Waals surface area contributed by atoms with E-state index < -0.39 is 0 Å². The van der Waals surface area contributed by atoms with Crippen LogP contribution < -0.4 is 0 Å². The summed E-state index contributed by atoms with van der Waals surface area (Å²) in [5.74, 6) is 0.667. The van der Waals surface area contributed by atoms with Crippen LogP contribution in [0, 0.1) is 0 Å². The number of aromatic nitrogens is 4. The van der Waals surface area contributed by atoms with Gasteiger partial charge in [-0.2, -0.15) is 0 Å². The number of hydrogen-bond donors (Lipinski definition) is 0. The van der Waals surface area contributed by atoms with E-state index in [1.165, 1.54) is 38.6 Å². The molecule has 4 nitrogen and oxygen atoms in total. The maximum Gasteiger partial charge on any atom is 0.235 e. The third kappa shape index (κ3) is 3.85. The molecule has 9 aromatic rings. The number of rotatable bonds is 4. The third-order valence-electron chi connectivity index (χ3n) is 8.56. The van der Waals surface area contributed by atoms with E-state index in [9.17, 15) is 0 Å². The van der Waals surface area contributed by atoms with E-state index in [4.69, 9.17) is 9.97 Å². The van der Waals surface area contributed by atoms with Crippen LogP contribution in [-0.2, 0) is 0 Å². The molecule has 3 heterocycles. The molecule has 0 aliphatic heterocycles. The summed E-state index contributed by atoms with van der Waals surface area (Å²) >= 11 is 0. The molecule has 0 aliphatic rings. The van der Waals surface area contributed by atoms with E-state index >= 15 is 0 Å². The number of hydrogen-bond acceptors (Lipinski definition) is 2. The Morgan fingerprint density at radius 3 is 1.93 bits per heavy atom. The molecule has 0 unspecified atom stereocenters. The summed E-state index contributed by atoms with van der Waals surface area (Å²) in [6, 6.07) is 53.4. The second kappa shape index (κ2) is 9.79. The average Bonchev–Trinajstić information content (AvgIpc) is 3.67. The standard InChI is InChI=1S/C40H26N4/c1-3-11-27(12-4-1)39-33-16-7-9-17-35(33)41-40(42-39)43-24-23-30-25-28(19-21-36(30)43)29-20-22-38-34(26-29)32-15-8-10-18-37(32)44(38)31-13-5-2-6-14-31/h1-26H. The van der Waals surface area contributed by atoms with Crippen LogP contribution in [0.1, 0.15) is 0 Å². The van der Waals surface area contributed by atoms with Crippen LogP contribution in [0.25, 0.3) is 77.6 Å². The zero-order chi connectivity index (χ0) is 29.0. The lowest BCUT2D eigenvalue weighted by molar-refractivity contribution is 0.984. The SMILES string of the molecule is c1ccc(-c2nc(-n3ccc4cc(-c5ccc6c(c5)c5ccccc5n6-c5ccccc5)ccc43)nc3ccccc23)cc1. The molecule has 0 saturated carbocycles. The van der Waals surface area contributed by atoms with Crippen molar-refractivity contribution in [1.82, 2.24) is 19.1 Å². The van der Waals surface area contributed by atoms with Gasteiger partial charge >= 0.3 is 0 Å². The largest absolute Gasteiger partial charge is 0.309 e. The minimum absolute atomic E-state index is 0.667. The zero-order valence-electron chi connectivity index (χ0n) is 23.8. The van der Waals surface area contributed by atoms with Crippen LogP contribution in [0.2, 0.25) is 0 Å². The number of nitrogens with zero attached hydrogens (tertiary/aromatic N) is 4. The topological polar surface area (TPSA) is 35.6 Å². The fourth-order valence-electron chi connectivity index (χ4n) is 6.49. The van der Waals surface area contributed by atoms with Crippen LogP contribution in [0.15, 0.2) is 158 Å². The second-order valence-electron chi connectivity index (χ2n) is 11.1. The Morgan fingerprint density at radius 1 is 0.432 bits per heavy atom. The quantitative estimate of drug-likeness (QED) is 0.214. The Labute approximate surface area is 254 Å². The van der Waals surface area contributed by atoms with E-state index in [1.54, 1.807) is 0 Å². The summed E-state index contributed by atoms with van der Waals surface area (Å²) in [6.07, 6.45) is 2.07. The highest BCUT2D eigenvalue weighted by Gasteiger charge is 2.15. The van der Waals surface area contributed by atoms with Gasteiger partial charge in [-0.1, -0.05) is 97.1 Å². The van der Waals surface area contributed by atoms with Gasteiger partial charge in [0.2, 0.25) is 5.95 Å². The van der Waals surface area contributed by atoms with Gasteiger partial charge in [0.15, 0.2) is 0 Å². The monoisotopic (exact) mass is 562 g/mol. The average molecular weight is 563 g/mol. The molecule has 44 heavy (non-hydrogen) atoms. The smallest absolute Gasteiger partial charge is 0.235 e. The van der Waals surface area contributed by atoms with Crippen LogP contribution in [-0.4, -0.2) is 19.1 Å². The fourth-order valence-corrected chi connectivity index (χ4v) is 6.49. The van der Waals surface area contributed by atoms with Gasteiger partial charge in [0.05, 0.1) is 27.8 Å². The summed E-state index contributed by atoms with van der Waals surface area (Å²) in [5.41, 5.74) is 9.97. The Balaban J connectivity index is 1.17. The van der Waals surface area contributed by atoms with Crippen molar-refractivity contribution in [3.05, 3.63) is 158 Å². The predicted molar refractivity (Wildman–Crippen MR) is 182 cm³/mol. The van der Waals surface area contributed by atoms with E-state index in [-0.39, 0.29) is 0 Å². The highest BCUT2D eigenvalue weighted by molar-refractivity contribution is 6.10. The summed E-state index contributed by atoms with van der Waals surface area (Å²) in [7, 11) is 0. The molecule has 0 fully saturated rings. The molecule has 0 atom stereocenters. The van der Waals surface area contributed by atoms with Crippen LogP contribution >= 0.6 is 0 Å². The normalized spacial score (nSPS) is 11.6. The highest BCUT2D eigenvalue weighted by atomic mass is 15.1. The Kier molecular flexibility index (Phi) is 5.47. The summed E-state index contributed by atoms with van der Waals surface area (Å²) in [6.45, 7) is 0. The minimum atomic E-state index is 0.667. The number of fused-ring (bicyclic) bond motifs is 5. The van der Waals surface area contributed by atoms with Crippen molar-refractivity contribution in [2.75, 3.05) is 0 Å². The molecule has 9 rings (SSSR count). The van der Waals surface area contributed by atoms with Crippen molar-refractivity contribution in [3.8, 4) is 34.0 Å². The maximum atomic E-state index is 5.08. The molecule has 206 valence electrons. The molecule has 0 amide bonds. The second-order valence-corrected chi connectivity index (χ2v) is 11.1. The molecule has 4 heteroatoms.